The lowest BCUT2D eigenvalue weighted by atomic mass is 10.1. The lowest BCUT2D eigenvalue weighted by Gasteiger charge is -2.25. The fraction of sp³-hybridized carbons (Fsp3) is 0.471. The van der Waals surface area contributed by atoms with E-state index in [0.29, 0.717) is 23.8 Å². The van der Waals surface area contributed by atoms with E-state index in [0.717, 1.165) is 16.6 Å². The number of rotatable bonds is 4. The van der Waals surface area contributed by atoms with Gasteiger partial charge in [0.2, 0.25) is 11.8 Å². The molecule has 1 N–H and O–H groups in total. The van der Waals surface area contributed by atoms with Crippen LogP contribution in [0.1, 0.15) is 26.7 Å². The Morgan fingerprint density at radius 1 is 1.42 bits per heavy atom. The van der Waals surface area contributed by atoms with Crippen molar-refractivity contribution in [3.05, 3.63) is 18.2 Å². The summed E-state index contributed by atoms with van der Waals surface area (Å²) >= 11 is 1.40. The largest absolute Gasteiger partial charge is 0.494 e. The van der Waals surface area contributed by atoms with Crippen molar-refractivity contribution in [2.45, 2.75) is 32.7 Å². The number of fused-ring (bicyclic) bond motifs is 1. The first-order chi connectivity index (χ1) is 11.5. The van der Waals surface area contributed by atoms with Crippen molar-refractivity contribution in [3.63, 3.8) is 0 Å². The summed E-state index contributed by atoms with van der Waals surface area (Å²) in [5.74, 6) is 0.435. The molecule has 1 unspecified atom stereocenters. The Kier molecular flexibility index (Phi) is 4.71. The van der Waals surface area contributed by atoms with Gasteiger partial charge in [-0.25, -0.2) is 4.98 Å². The van der Waals surface area contributed by atoms with Crippen LogP contribution >= 0.6 is 11.3 Å². The number of thiazole rings is 1. The first-order valence-electron chi connectivity index (χ1n) is 8.06. The minimum Gasteiger partial charge on any atom is -0.494 e. The maximum atomic E-state index is 12.6. The Morgan fingerprint density at radius 3 is 2.92 bits per heavy atom. The van der Waals surface area contributed by atoms with E-state index in [1.807, 2.05) is 32.0 Å². The van der Waals surface area contributed by atoms with Gasteiger partial charge in [0, 0.05) is 12.5 Å². The van der Waals surface area contributed by atoms with Gasteiger partial charge in [0.25, 0.3) is 0 Å². The van der Waals surface area contributed by atoms with Gasteiger partial charge in [0.1, 0.15) is 17.3 Å². The van der Waals surface area contributed by atoms with Crippen LogP contribution in [0.15, 0.2) is 18.2 Å². The molecule has 3 rings (SSSR count). The number of methoxy groups -OCH3 is 1. The Bertz CT molecular complexity index is 772. The Hall–Kier alpha value is -2.15. The summed E-state index contributed by atoms with van der Waals surface area (Å²) in [5.41, 5.74) is 0.738. The second kappa shape index (κ2) is 6.76. The zero-order valence-electron chi connectivity index (χ0n) is 14.0. The summed E-state index contributed by atoms with van der Waals surface area (Å²) in [4.78, 5) is 31.0. The molecule has 7 heteroatoms. The number of nitrogens with zero attached hydrogens (tertiary/aromatic N) is 2. The first-order valence-corrected chi connectivity index (χ1v) is 8.87. The van der Waals surface area contributed by atoms with Gasteiger partial charge in [-0.1, -0.05) is 31.3 Å². The molecule has 24 heavy (non-hydrogen) atoms. The normalized spacial score (nSPS) is 17.5. The second-order valence-electron chi connectivity index (χ2n) is 6.16. The standard InChI is InChI=1S/C17H21N3O3S/c1-10(2)16(22)20-9-5-6-11(20)15(21)19-17-18-14-12(23-3)7-4-8-13(14)24-17/h4,7-8,10-11H,5-6,9H2,1-3H3,(H,18,19,21). The molecular weight excluding hydrogens is 326 g/mol. The quantitative estimate of drug-likeness (QED) is 0.923. The number of likely N-dealkylation sites (tertiary alicyclic amines) is 1. The number of hydrogen-bond acceptors (Lipinski definition) is 5. The molecule has 128 valence electrons. The molecule has 1 aliphatic heterocycles. The SMILES string of the molecule is COc1cccc2sc(NC(=O)C3CCCN3C(=O)C(C)C)nc12. The summed E-state index contributed by atoms with van der Waals surface area (Å²) in [6.45, 7) is 4.35. The lowest BCUT2D eigenvalue weighted by Crippen LogP contribution is -2.44. The third-order valence-corrected chi connectivity index (χ3v) is 5.10. The van der Waals surface area contributed by atoms with Crippen LogP contribution in [0, 0.1) is 5.92 Å². The first kappa shape index (κ1) is 16.7. The molecule has 0 aliphatic carbocycles. The molecule has 2 aromatic rings. The highest BCUT2D eigenvalue weighted by Gasteiger charge is 2.35. The monoisotopic (exact) mass is 347 g/mol. The van der Waals surface area contributed by atoms with Crippen molar-refractivity contribution < 1.29 is 14.3 Å². The van der Waals surface area contributed by atoms with Gasteiger partial charge < -0.3 is 15.0 Å². The average Bonchev–Trinajstić information content (AvgIpc) is 3.19. The fourth-order valence-corrected chi connectivity index (χ4v) is 3.85. The van der Waals surface area contributed by atoms with Gasteiger partial charge in [0.15, 0.2) is 5.13 Å². The molecule has 0 spiro atoms. The second-order valence-corrected chi connectivity index (χ2v) is 7.19. The minimum atomic E-state index is -0.409. The zero-order chi connectivity index (χ0) is 17.3. The van der Waals surface area contributed by atoms with Gasteiger partial charge in [-0.05, 0) is 25.0 Å². The third-order valence-electron chi connectivity index (χ3n) is 4.16. The molecular formula is C17H21N3O3S. The van der Waals surface area contributed by atoms with E-state index in [9.17, 15) is 9.59 Å². The number of carbonyl (C=O) groups excluding carboxylic acids is 2. The van der Waals surface area contributed by atoms with E-state index >= 15 is 0 Å². The van der Waals surface area contributed by atoms with E-state index < -0.39 is 6.04 Å². The molecule has 2 heterocycles. The van der Waals surface area contributed by atoms with E-state index in [1.165, 1.54) is 11.3 Å². The zero-order valence-corrected chi connectivity index (χ0v) is 14.9. The Balaban J connectivity index is 1.78. The van der Waals surface area contributed by atoms with Crippen LogP contribution in [0.5, 0.6) is 5.75 Å². The van der Waals surface area contributed by atoms with Crippen LogP contribution in [0.25, 0.3) is 10.2 Å². The number of para-hydroxylation sites is 1. The topological polar surface area (TPSA) is 71.5 Å². The van der Waals surface area contributed by atoms with Crippen molar-refractivity contribution in [1.82, 2.24) is 9.88 Å². The lowest BCUT2D eigenvalue weighted by molar-refractivity contribution is -0.139. The summed E-state index contributed by atoms with van der Waals surface area (Å²) in [7, 11) is 1.60. The van der Waals surface area contributed by atoms with Gasteiger partial charge in [0.05, 0.1) is 11.8 Å². The summed E-state index contributed by atoms with van der Waals surface area (Å²) in [6.07, 6.45) is 1.54. The highest BCUT2D eigenvalue weighted by Crippen LogP contribution is 2.32. The molecule has 6 nitrogen and oxygen atoms in total. The molecule has 0 saturated carbocycles. The average molecular weight is 347 g/mol. The molecule has 1 fully saturated rings. The number of amides is 2. The molecule has 2 amide bonds. The van der Waals surface area contributed by atoms with E-state index in [1.54, 1.807) is 12.0 Å². The minimum absolute atomic E-state index is 0.0265. The van der Waals surface area contributed by atoms with Gasteiger partial charge >= 0.3 is 0 Å². The van der Waals surface area contributed by atoms with Crippen LogP contribution in [-0.2, 0) is 9.59 Å². The van der Waals surface area contributed by atoms with E-state index in [4.69, 9.17) is 4.74 Å². The fourth-order valence-electron chi connectivity index (χ4n) is 2.96. The van der Waals surface area contributed by atoms with Crippen LogP contribution in [0.2, 0.25) is 0 Å². The number of ether oxygens (including phenoxy) is 1. The predicted molar refractivity (Wildman–Crippen MR) is 94.4 cm³/mol. The Morgan fingerprint density at radius 2 is 2.21 bits per heavy atom. The van der Waals surface area contributed by atoms with E-state index in [-0.39, 0.29) is 17.7 Å². The van der Waals surface area contributed by atoms with Crippen molar-refractivity contribution in [2.24, 2.45) is 5.92 Å². The van der Waals surface area contributed by atoms with E-state index in [2.05, 4.69) is 10.3 Å². The summed E-state index contributed by atoms with van der Waals surface area (Å²) in [5, 5.41) is 3.40. The molecule has 0 radical (unpaired) electrons. The smallest absolute Gasteiger partial charge is 0.248 e. The van der Waals surface area contributed by atoms with Crippen LogP contribution in [-0.4, -0.2) is 41.4 Å². The molecule has 1 aliphatic rings. The van der Waals surface area contributed by atoms with Crippen molar-refractivity contribution in [3.8, 4) is 5.75 Å². The number of carbonyl (C=O) groups is 2. The predicted octanol–water partition coefficient (Wildman–Crippen LogP) is 2.89. The maximum Gasteiger partial charge on any atom is 0.248 e. The molecule has 0 bridgehead atoms. The summed E-state index contributed by atoms with van der Waals surface area (Å²) in [6, 6.07) is 5.27. The molecule has 1 atom stereocenters. The van der Waals surface area contributed by atoms with Crippen LogP contribution < -0.4 is 10.1 Å². The number of anilines is 1. The van der Waals surface area contributed by atoms with Gasteiger partial charge in [-0.2, -0.15) is 0 Å². The number of nitrogens with one attached hydrogen (secondary N) is 1. The highest BCUT2D eigenvalue weighted by atomic mass is 32.1. The van der Waals surface area contributed by atoms with Gasteiger partial charge in [-0.3, -0.25) is 9.59 Å². The molecule has 1 saturated heterocycles. The Labute approximate surface area is 144 Å². The molecule has 1 aromatic heterocycles. The maximum absolute atomic E-state index is 12.6. The van der Waals surface area contributed by atoms with Gasteiger partial charge in [-0.15, -0.1) is 0 Å². The van der Waals surface area contributed by atoms with Crippen LogP contribution in [0.3, 0.4) is 0 Å². The van der Waals surface area contributed by atoms with Crippen molar-refractivity contribution in [1.29, 1.82) is 0 Å². The third kappa shape index (κ3) is 3.08. The van der Waals surface area contributed by atoms with Crippen LogP contribution in [0.4, 0.5) is 5.13 Å². The highest BCUT2D eigenvalue weighted by molar-refractivity contribution is 7.22. The molecule has 1 aromatic carbocycles. The number of aromatic nitrogens is 1. The summed E-state index contributed by atoms with van der Waals surface area (Å²) < 4.78 is 6.25. The van der Waals surface area contributed by atoms with Crippen molar-refractivity contribution >= 4 is 38.5 Å². The number of hydrogen-bond donors (Lipinski definition) is 1. The number of benzene rings is 1. The van der Waals surface area contributed by atoms with Crippen molar-refractivity contribution in [2.75, 3.05) is 19.0 Å².